The molecule has 7 nitrogen and oxygen atoms in total. The minimum atomic E-state index is 0.249. The molecule has 7 heteroatoms. The first-order valence-electron chi connectivity index (χ1n) is 10.0. The number of ether oxygens (including phenoxy) is 2. The van der Waals surface area contributed by atoms with E-state index in [1.165, 1.54) is 5.56 Å². The first kappa shape index (κ1) is 19.5. The lowest BCUT2D eigenvalue weighted by atomic mass is 10.1. The normalized spacial score (nSPS) is 17.3. The zero-order chi connectivity index (χ0) is 19.9. The van der Waals surface area contributed by atoms with E-state index in [1.807, 2.05) is 35.1 Å². The van der Waals surface area contributed by atoms with Crippen LogP contribution in [0.4, 0.5) is 0 Å². The number of hydrogen-bond acceptors (Lipinski definition) is 6. The number of hydrogen-bond donors (Lipinski definition) is 0. The largest absolute Gasteiger partial charge is 0.496 e. The van der Waals surface area contributed by atoms with Gasteiger partial charge in [-0.15, -0.1) is 0 Å². The quantitative estimate of drug-likeness (QED) is 0.586. The highest BCUT2D eigenvalue weighted by molar-refractivity contribution is 5.37. The van der Waals surface area contributed by atoms with Crippen molar-refractivity contribution in [1.82, 2.24) is 24.6 Å². The van der Waals surface area contributed by atoms with Gasteiger partial charge in [0.1, 0.15) is 18.4 Å². The Balaban J connectivity index is 1.36. The van der Waals surface area contributed by atoms with Crippen LogP contribution in [0.2, 0.25) is 0 Å². The summed E-state index contributed by atoms with van der Waals surface area (Å²) in [5.41, 5.74) is 3.36. The van der Waals surface area contributed by atoms with Crippen molar-refractivity contribution in [3.63, 3.8) is 0 Å². The van der Waals surface area contributed by atoms with Crippen molar-refractivity contribution in [2.45, 2.75) is 38.6 Å². The molecule has 1 saturated heterocycles. The number of benzene rings is 1. The average Bonchev–Trinajstić information content (AvgIpc) is 3.27. The van der Waals surface area contributed by atoms with E-state index >= 15 is 0 Å². The van der Waals surface area contributed by atoms with E-state index in [2.05, 4.69) is 32.1 Å². The highest BCUT2D eigenvalue weighted by Crippen LogP contribution is 2.23. The maximum atomic E-state index is 6.12. The summed E-state index contributed by atoms with van der Waals surface area (Å²) in [6, 6.07) is 12.3. The van der Waals surface area contributed by atoms with Crippen molar-refractivity contribution < 1.29 is 9.47 Å². The highest BCUT2D eigenvalue weighted by atomic mass is 16.5. The van der Waals surface area contributed by atoms with E-state index in [4.69, 9.17) is 9.47 Å². The van der Waals surface area contributed by atoms with Crippen LogP contribution < -0.4 is 4.74 Å². The van der Waals surface area contributed by atoms with Crippen LogP contribution in [-0.2, 0) is 24.4 Å². The van der Waals surface area contributed by atoms with Crippen LogP contribution in [0.25, 0.3) is 0 Å². The van der Waals surface area contributed by atoms with Gasteiger partial charge in [0.15, 0.2) is 0 Å². The van der Waals surface area contributed by atoms with Crippen LogP contribution in [0.5, 0.6) is 5.75 Å². The van der Waals surface area contributed by atoms with Gasteiger partial charge in [-0.25, -0.2) is 9.67 Å². The van der Waals surface area contributed by atoms with Gasteiger partial charge in [-0.3, -0.25) is 9.88 Å². The number of nitrogens with zero attached hydrogens (tertiary/aromatic N) is 5. The van der Waals surface area contributed by atoms with Gasteiger partial charge in [0.25, 0.3) is 0 Å². The van der Waals surface area contributed by atoms with Crippen molar-refractivity contribution in [3.05, 3.63) is 72.1 Å². The van der Waals surface area contributed by atoms with Crippen LogP contribution in [-0.4, -0.2) is 51.0 Å². The molecule has 0 saturated carbocycles. The lowest BCUT2D eigenvalue weighted by Crippen LogP contribution is -2.39. The predicted molar refractivity (Wildman–Crippen MR) is 109 cm³/mol. The Labute approximate surface area is 171 Å². The summed E-state index contributed by atoms with van der Waals surface area (Å²) in [4.78, 5) is 10.8. The Morgan fingerprint density at radius 3 is 2.93 bits per heavy atom. The molecule has 0 aliphatic carbocycles. The lowest BCUT2D eigenvalue weighted by Gasteiger charge is -2.32. The van der Waals surface area contributed by atoms with Gasteiger partial charge in [-0.1, -0.05) is 12.1 Å². The van der Waals surface area contributed by atoms with Gasteiger partial charge in [-0.2, -0.15) is 5.10 Å². The maximum Gasteiger partial charge on any atom is 0.137 e. The van der Waals surface area contributed by atoms with Crippen molar-refractivity contribution in [2.24, 2.45) is 0 Å². The molecular weight excluding hydrogens is 366 g/mol. The third-order valence-corrected chi connectivity index (χ3v) is 5.21. The Bertz CT molecular complexity index is 885. The molecule has 2 aromatic heterocycles. The van der Waals surface area contributed by atoms with E-state index < -0.39 is 0 Å². The van der Waals surface area contributed by atoms with E-state index in [0.29, 0.717) is 13.2 Å². The molecule has 1 unspecified atom stereocenters. The van der Waals surface area contributed by atoms with Gasteiger partial charge < -0.3 is 9.47 Å². The van der Waals surface area contributed by atoms with Crippen LogP contribution in [0.1, 0.15) is 29.7 Å². The summed E-state index contributed by atoms with van der Waals surface area (Å²) >= 11 is 0. The fraction of sp³-hybridized carbons (Fsp3) is 0.409. The second-order valence-electron chi connectivity index (χ2n) is 7.37. The fourth-order valence-corrected chi connectivity index (χ4v) is 3.78. The van der Waals surface area contributed by atoms with Crippen LogP contribution >= 0.6 is 0 Å². The molecule has 29 heavy (non-hydrogen) atoms. The zero-order valence-electron chi connectivity index (χ0n) is 16.8. The second-order valence-corrected chi connectivity index (χ2v) is 7.37. The van der Waals surface area contributed by atoms with Crippen LogP contribution in [0.3, 0.4) is 0 Å². The number of likely N-dealkylation sites (tertiary alicyclic amines) is 1. The minimum absolute atomic E-state index is 0.249. The van der Waals surface area contributed by atoms with Crippen molar-refractivity contribution >= 4 is 0 Å². The summed E-state index contributed by atoms with van der Waals surface area (Å²) in [6.07, 6.45) is 7.58. The number of rotatable bonds is 8. The molecular formula is C22H27N5O2. The highest BCUT2D eigenvalue weighted by Gasteiger charge is 2.21. The van der Waals surface area contributed by atoms with E-state index in [9.17, 15) is 0 Å². The first-order chi connectivity index (χ1) is 14.3. The molecule has 1 aliphatic rings. The minimum Gasteiger partial charge on any atom is -0.496 e. The van der Waals surface area contributed by atoms with Gasteiger partial charge >= 0.3 is 0 Å². The molecule has 0 amide bonds. The molecule has 4 rings (SSSR count). The molecule has 0 radical (unpaired) electrons. The molecule has 1 fully saturated rings. The number of methoxy groups -OCH3 is 1. The van der Waals surface area contributed by atoms with Crippen LogP contribution in [0, 0.1) is 0 Å². The first-order valence-corrected chi connectivity index (χ1v) is 10.0. The molecule has 0 N–H and O–H groups in total. The Morgan fingerprint density at radius 2 is 2.14 bits per heavy atom. The second kappa shape index (κ2) is 9.62. The fourth-order valence-electron chi connectivity index (χ4n) is 3.78. The molecule has 152 valence electrons. The third-order valence-electron chi connectivity index (χ3n) is 5.21. The van der Waals surface area contributed by atoms with Gasteiger partial charge in [0.05, 0.1) is 32.1 Å². The van der Waals surface area contributed by atoms with E-state index in [1.54, 1.807) is 19.8 Å². The smallest absolute Gasteiger partial charge is 0.137 e. The lowest BCUT2D eigenvalue weighted by molar-refractivity contribution is -0.0132. The summed E-state index contributed by atoms with van der Waals surface area (Å²) in [5.74, 6) is 0.875. The van der Waals surface area contributed by atoms with Gasteiger partial charge in [0.2, 0.25) is 0 Å². The SMILES string of the molecule is COc1ccc(CN2CCCC(OCc3ccccn3)C2)cc1Cn1cncn1. The van der Waals surface area contributed by atoms with E-state index in [-0.39, 0.29) is 6.10 Å². The summed E-state index contributed by atoms with van der Waals surface area (Å²) < 4.78 is 13.5. The van der Waals surface area contributed by atoms with E-state index in [0.717, 1.165) is 49.5 Å². The summed E-state index contributed by atoms with van der Waals surface area (Å²) in [6.45, 7) is 4.15. The van der Waals surface area contributed by atoms with Gasteiger partial charge in [-0.05, 0) is 49.2 Å². The Hall–Kier alpha value is -2.77. The van der Waals surface area contributed by atoms with Crippen molar-refractivity contribution in [1.29, 1.82) is 0 Å². The van der Waals surface area contributed by atoms with Crippen molar-refractivity contribution in [3.8, 4) is 5.75 Å². The molecule has 3 aromatic rings. The molecule has 1 aromatic carbocycles. The maximum absolute atomic E-state index is 6.12. The number of aromatic nitrogens is 4. The van der Waals surface area contributed by atoms with Gasteiger partial charge in [0, 0.05) is 24.8 Å². The van der Waals surface area contributed by atoms with Crippen molar-refractivity contribution in [2.75, 3.05) is 20.2 Å². The zero-order valence-corrected chi connectivity index (χ0v) is 16.8. The Kier molecular flexibility index (Phi) is 6.49. The standard InChI is InChI=1S/C22H27N5O2/c1-28-22-8-7-18(11-19(22)13-27-17-23-16-25-27)12-26-10-4-6-21(14-26)29-15-20-5-2-3-9-24-20/h2-3,5,7-9,11,16-17,21H,4,6,10,12-15H2,1H3. The van der Waals surface area contributed by atoms with Crippen LogP contribution in [0.15, 0.2) is 55.2 Å². The molecule has 3 heterocycles. The number of piperidine rings is 1. The summed E-state index contributed by atoms with van der Waals surface area (Å²) in [7, 11) is 1.70. The predicted octanol–water partition coefficient (Wildman–Crippen LogP) is 2.91. The summed E-state index contributed by atoms with van der Waals surface area (Å²) in [5, 5.41) is 4.21. The molecule has 0 spiro atoms. The average molecular weight is 393 g/mol. The molecule has 1 aliphatic heterocycles. The topological polar surface area (TPSA) is 65.3 Å². The monoisotopic (exact) mass is 393 g/mol. The Morgan fingerprint density at radius 1 is 1.17 bits per heavy atom. The molecule has 0 bridgehead atoms. The molecule has 1 atom stereocenters. The third kappa shape index (κ3) is 5.40. The number of pyridine rings is 1.